The predicted molar refractivity (Wildman–Crippen MR) is 102 cm³/mol. The Hall–Kier alpha value is -2.26. The molecule has 2 heterocycles. The number of carbonyl (C=O) groups excluding carboxylic acids is 1. The summed E-state index contributed by atoms with van der Waals surface area (Å²) in [6.45, 7) is 5.42. The van der Waals surface area contributed by atoms with Crippen LogP contribution >= 0.6 is 12.4 Å². The Morgan fingerprint density at radius 3 is 2.79 bits per heavy atom. The number of amides is 1. The van der Waals surface area contributed by atoms with Gasteiger partial charge in [0.05, 0.1) is 17.8 Å². The highest BCUT2D eigenvalue weighted by atomic mass is 35.5. The molecule has 1 aliphatic rings. The first-order valence-electron chi connectivity index (χ1n) is 8.97. The van der Waals surface area contributed by atoms with Crippen LogP contribution in [0.1, 0.15) is 42.0 Å². The lowest BCUT2D eigenvalue weighted by Gasteiger charge is -2.23. The van der Waals surface area contributed by atoms with Gasteiger partial charge >= 0.3 is 0 Å². The molecule has 0 aliphatic carbocycles. The van der Waals surface area contributed by atoms with Crippen molar-refractivity contribution >= 4 is 18.3 Å². The van der Waals surface area contributed by atoms with Gasteiger partial charge in [-0.15, -0.1) is 17.5 Å². The van der Waals surface area contributed by atoms with E-state index in [9.17, 15) is 13.6 Å². The number of carbonyl (C=O) groups is 1. The monoisotopic (exact) mass is 415 g/mol. The van der Waals surface area contributed by atoms with E-state index in [1.54, 1.807) is 6.92 Å². The van der Waals surface area contributed by atoms with E-state index in [0.29, 0.717) is 0 Å². The number of nitrogens with zero attached hydrogens (tertiary/aromatic N) is 3. The number of hydrogen-bond donors (Lipinski definition) is 2. The molecule has 0 bridgehead atoms. The highest BCUT2D eigenvalue weighted by molar-refractivity contribution is 5.93. The average Bonchev–Trinajstić information content (AvgIpc) is 3.03. The Bertz CT molecular complexity index is 811. The van der Waals surface area contributed by atoms with E-state index >= 15 is 0 Å². The van der Waals surface area contributed by atoms with Crippen LogP contribution in [0.5, 0.6) is 5.75 Å². The van der Waals surface area contributed by atoms with Gasteiger partial charge in [-0.05, 0) is 51.9 Å². The number of halogens is 3. The fraction of sp³-hybridized carbons (Fsp3) is 0.500. The predicted octanol–water partition coefficient (Wildman–Crippen LogP) is 2.41. The highest BCUT2D eigenvalue weighted by Crippen LogP contribution is 2.20. The minimum atomic E-state index is -0.783. The van der Waals surface area contributed by atoms with Gasteiger partial charge in [-0.25, -0.2) is 13.5 Å². The maximum absolute atomic E-state index is 13.6. The van der Waals surface area contributed by atoms with Crippen molar-refractivity contribution in [2.75, 3.05) is 19.7 Å². The molecule has 1 fully saturated rings. The summed E-state index contributed by atoms with van der Waals surface area (Å²) in [5.41, 5.74) is 0.991. The molecule has 7 nitrogen and oxygen atoms in total. The summed E-state index contributed by atoms with van der Waals surface area (Å²) in [7, 11) is 0. The van der Waals surface area contributed by atoms with E-state index in [-0.39, 0.29) is 42.4 Å². The van der Waals surface area contributed by atoms with Crippen LogP contribution in [-0.2, 0) is 0 Å². The van der Waals surface area contributed by atoms with Crippen molar-refractivity contribution in [1.82, 2.24) is 25.6 Å². The zero-order chi connectivity index (χ0) is 19.4. The Kier molecular flexibility index (Phi) is 7.70. The van der Waals surface area contributed by atoms with Crippen LogP contribution in [-0.4, -0.2) is 46.6 Å². The smallest absolute Gasteiger partial charge is 0.274 e. The highest BCUT2D eigenvalue weighted by Gasteiger charge is 2.23. The maximum Gasteiger partial charge on any atom is 0.274 e. The summed E-state index contributed by atoms with van der Waals surface area (Å²) in [4.78, 5) is 12.5. The largest absolute Gasteiger partial charge is 0.488 e. The lowest BCUT2D eigenvalue weighted by molar-refractivity contribution is 0.0920. The second-order valence-corrected chi connectivity index (χ2v) is 6.71. The summed E-state index contributed by atoms with van der Waals surface area (Å²) in [6.07, 6.45) is 1.89. The third-order valence-electron chi connectivity index (χ3n) is 4.56. The van der Waals surface area contributed by atoms with E-state index < -0.39 is 17.7 Å². The SMILES string of the molecule is Cc1c(C(=O)NC(C)COc2ccc(F)cc2F)nnn1C1CCNCC1.Cl. The number of nitrogens with one attached hydrogen (secondary N) is 2. The van der Waals surface area contributed by atoms with Crippen molar-refractivity contribution < 1.29 is 18.3 Å². The van der Waals surface area contributed by atoms with Gasteiger partial charge in [0, 0.05) is 6.07 Å². The summed E-state index contributed by atoms with van der Waals surface area (Å²) in [6, 6.07) is 2.92. The number of rotatable bonds is 6. The fourth-order valence-electron chi connectivity index (χ4n) is 3.09. The molecule has 1 aromatic carbocycles. The summed E-state index contributed by atoms with van der Waals surface area (Å²) in [5.74, 6) is -1.88. The lowest BCUT2D eigenvalue weighted by Crippen LogP contribution is -2.37. The molecule has 0 saturated carbocycles. The maximum atomic E-state index is 13.6. The Morgan fingerprint density at radius 1 is 1.39 bits per heavy atom. The van der Waals surface area contributed by atoms with Gasteiger partial charge in [0.25, 0.3) is 5.91 Å². The minimum Gasteiger partial charge on any atom is -0.488 e. The summed E-state index contributed by atoms with van der Waals surface area (Å²) < 4.78 is 33.6. The molecule has 1 atom stereocenters. The molecule has 10 heteroatoms. The van der Waals surface area contributed by atoms with Crippen LogP contribution in [0.4, 0.5) is 8.78 Å². The van der Waals surface area contributed by atoms with Gasteiger partial charge in [0.2, 0.25) is 0 Å². The number of benzene rings is 1. The normalized spacial score (nSPS) is 15.6. The van der Waals surface area contributed by atoms with Gasteiger partial charge in [-0.2, -0.15) is 0 Å². The second-order valence-electron chi connectivity index (χ2n) is 6.71. The van der Waals surface area contributed by atoms with Crippen molar-refractivity contribution in [3.63, 3.8) is 0 Å². The van der Waals surface area contributed by atoms with Crippen LogP contribution < -0.4 is 15.4 Å². The molecule has 2 N–H and O–H groups in total. The zero-order valence-electron chi connectivity index (χ0n) is 15.7. The quantitative estimate of drug-likeness (QED) is 0.757. The van der Waals surface area contributed by atoms with Gasteiger partial charge < -0.3 is 15.4 Å². The van der Waals surface area contributed by atoms with Crippen molar-refractivity contribution in [2.24, 2.45) is 0 Å². The van der Waals surface area contributed by atoms with Gasteiger partial charge in [-0.3, -0.25) is 4.79 Å². The van der Waals surface area contributed by atoms with Gasteiger partial charge in [0.1, 0.15) is 12.4 Å². The molecule has 1 saturated heterocycles. The van der Waals surface area contributed by atoms with Gasteiger partial charge in [0.15, 0.2) is 17.3 Å². The Balaban J connectivity index is 0.00000280. The second kappa shape index (κ2) is 9.79. The number of hydrogen-bond acceptors (Lipinski definition) is 5. The molecule has 1 aromatic heterocycles. The molecule has 3 rings (SSSR count). The fourth-order valence-corrected chi connectivity index (χ4v) is 3.09. The van der Waals surface area contributed by atoms with E-state index in [0.717, 1.165) is 43.8 Å². The molecule has 0 radical (unpaired) electrons. The molecular weight excluding hydrogens is 392 g/mol. The topological polar surface area (TPSA) is 81.1 Å². The van der Waals surface area contributed by atoms with Crippen LogP contribution in [0.15, 0.2) is 18.2 Å². The van der Waals surface area contributed by atoms with Crippen LogP contribution in [0, 0.1) is 18.6 Å². The average molecular weight is 416 g/mol. The summed E-state index contributed by atoms with van der Waals surface area (Å²) >= 11 is 0. The number of aromatic nitrogens is 3. The molecule has 0 spiro atoms. The third kappa shape index (κ3) is 5.17. The molecular formula is C18H24ClF2N5O2. The number of ether oxygens (including phenoxy) is 1. The first-order chi connectivity index (χ1) is 13.0. The molecule has 1 aliphatic heterocycles. The summed E-state index contributed by atoms with van der Waals surface area (Å²) in [5, 5.41) is 14.2. The molecule has 1 amide bonds. The standard InChI is InChI=1S/C18H23F2N5O2.ClH/c1-11(10-27-16-4-3-13(19)9-15(16)20)22-18(26)17-12(2)25(24-23-17)14-5-7-21-8-6-14;/h3-4,9,11,14,21H,5-8,10H2,1-2H3,(H,22,26);1H. The van der Waals surface area contributed by atoms with Crippen LogP contribution in [0.25, 0.3) is 0 Å². The number of piperidine rings is 1. The van der Waals surface area contributed by atoms with Crippen molar-refractivity contribution in [3.8, 4) is 5.75 Å². The third-order valence-corrected chi connectivity index (χ3v) is 4.56. The zero-order valence-corrected chi connectivity index (χ0v) is 16.6. The molecule has 154 valence electrons. The van der Waals surface area contributed by atoms with Crippen LogP contribution in [0.3, 0.4) is 0 Å². The lowest BCUT2D eigenvalue weighted by atomic mass is 10.1. The first-order valence-corrected chi connectivity index (χ1v) is 8.97. The van der Waals surface area contributed by atoms with Crippen molar-refractivity contribution in [2.45, 2.75) is 38.8 Å². The minimum absolute atomic E-state index is 0. The van der Waals surface area contributed by atoms with Crippen LogP contribution in [0.2, 0.25) is 0 Å². The van der Waals surface area contributed by atoms with Gasteiger partial charge in [-0.1, -0.05) is 5.21 Å². The molecule has 28 heavy (non-hydrogen) atoms. The first kappa shape index (κ1) is 22.0. The van der Waals surface area contributed by atoms with Crippen molar-refractivity contribution in [3.05, 3.63) is 41.2 Å². The van der Waals surface area contributed by atoms with E-state index in [1.165, 1.54) is 6.07 Å². The van der Waals surface area contributed by atoms with Crippen molar-refractivity contribution in [1.29, 1.82) is 0 Å². The molecule has 2 aromatic rings. The molecule has 1 unspecified atom stereocenters. The Morgan fingerprint density at radius 2 is 2.11 bits per heavy atom. The van der Waals surface area contributed by atoms with E-state index in [1.807, 2.05) is 11.6 Å². The Labute approximate surface area is 168 Å². The van der Waals surface area contributed by atoms with E-state index in [2.05, 4.69) is 20.9 Å². The van der Waals surface area contributed by atoms with E-state index in [4.69, 9.17) is 4.74 Å².